The van der Waals surface area contributed by atoms with Crippen LogP contribution < -0.4 is 10.2 Å². The number of benzene rings is 2. The molecule has 0 bridgehead atoms. The standard InChI is InChI=1S/C28H32FN5O/c29-24-10-8-22(9-11-24)27-30-15-12-26(32-27)34-16-4-7-23(20-34)28(35)31-25-13-17-33(18-14-25)19-21-5-2-1-3-6-21/h1-3,5-6,8-12,15,23,25H,4,7,13-14,16-20H2,(H,31,35). The fraction of sp³-hybridized carbons (Fsp3) is 0.393. The van der Waals surface area contributed by atoms with E-state index in [4.69, 9.17) is 4.98 Å². The SMILES string of the molecule is O=C(NC1CCN(Cc2ccccc2)CC1)C1CCCN(c2ccnc(-c3ccc(F)cc3)n2)C1. The number of hydrogen-bond donors (Lipinski definition) is 1. The fourth-order valence-corrected chi connectivity index (χ4v) is 5.06. The van der Waals surface area contributed by atoms with Crippen molar-refractivity contribution in [3.05, 3.63) is 78.2 Å². The van der Waals surface area contributed by atoms with Gasteiger partial charge in [0.1, 0.15) is 11.6 Å². The quantitative estimate of drug-likeness (QED) is 0.579. The lowest BCUT2D eigenvalue weighted by atomic mass is 9.95. The minimum absolute atomic E-state index is 0.0460. The molecule has 1 N–H and O–H groups in total. The van der Waals surface area contributed by atoms with E-state index in [-0.39, 0.29) is 23.7 Å². The third-order valence-corrected chi connectivity index (χ3v) is 7.04. The van der Waals surface area contributed by atoms with Gasteiger partial charge in [-0.3, -0.25) is 9.69 Å². The first-order valence-corrected chi connectivity index (χ1v) is 12.5. The van der Waals surface area contributed by atoms with Gasteiger partial charge in [-0.05, 0) is 61.6 Å². The molecule has 2 fully saturated rings. The smallest absolute Gasteiger partial charge is 0.225 e. The number of rotatable bonds is 6. The van der Waals surface area contributed by atoms with Crippen molar-refractivity contribution in [1.29, 1.82) is 0 Å². The highest BCUT2D eigenvalue weighted by atomic mass is 19.1. The molecule has 1 aromatic heterocycles. The average molecular weight is 474 g/mol. The summed E-state index contributed by atoms with van der Waals surface area (Å²) in [6.07, 6.45) is 5.55. The Labute approximate surface area is 206 Å². The summed E-state index contributed by atoms with van der Waals surface area (Å²) in [6, 6.07) is 18.9. The molecule has 0 saturated carbocycles. The van der Waals surface area contributed by atoms with Crippen molar-refractivity contribution in [2.24, 2.45) is 5.92 Å². The van der Waals surface area contributed by atoms with Gasteiger partial charge in [0.15, 0.2) is 5.82 Å². The van der Waals surface area contributed by atoms with E-state index in [1.165, 1.54) is 17.7 Å². The van der Waals surface area contributed by atoms with Crippen LogP contribution in [0.1, 0.15) is 31.2 Å². The van der Waals surface area contributed by atoms with E-state index in [1.807, 2.05) is 12.1 Å². The Kier molecular flexibility index (Phi) is 7.33. The number of anilines is 1. The number of nitrogens with one attached hydrogen (secondary N) is 1. The molecule has 2 aromatic carbocycles. The van der Waals surface area contributed by atoms with Gasteiger partial charge in [0.2, 0.25) is 5.91 Å². The fourth-order valence-electron chi connectivity index (χ4n) is 5.06. The highest BCUT2D eigenvalue weighted by Crippen LogP contribution is 2.25. The summed E-state index contributed by atoms with van der Waals surface area (Å²) in [4.78, 5) is 26.8. The van der Waals surface area contributed by atoms with Gasteiger partial charge < -0.3 is 10.2 Å². The maximum atomic E-state index is 13.3. The molecule has 3 heterocycles. The molecule has 1 atom stereocenters. The second-order valence-corrected chi connectivity index (χ2v) is 9.58. The third kappa shape index (κ3) is 6.03. The molecule has 1 unspecified atom stereocenters. The van der Waals surface area contributed by atoms with Crippen LogP contribution in [-0.4, -0.2) is 53.0 Å². The number of hydrogen-bond acceptors (Lipinski definition) is 5. The largest absolute Gasteiger partial charge is 0.356 e. The lowest BCUT2D eigenvalue weighted by Gasteiger charge is -2.36. The van der Waals surface area contributed by atoms with Gasteiger partial charge in [-0.2, -0.15) is 0 Å². The van der Waals surface area contributed by atoms with Crippen LogP contribution in [0.2, 0.25) is 0 Å². The first-order chi connectivity index (χ1) is 17.1. The molecule has 5 rings (SSSR count). The van der Waals surface area contributed by atoms with Crippen LogP contribution in [0, 0.1) is 11.7 Å². The molecule has 0 aliphatic carbocycles. The number of amides is 1. The summed E-state index contributed by atoms with van der Waals surface area (Å²) in [5.41, 5.74) is 2.11. The number of piperidine rings is 2. The summed E-state index contributed by atoms with van der Waals surface area (Å²) < 4.78 is 13.3. The minimum Gasteiger partial charge on any atom is -0.356 e. The molecule has 182 valence electrons. The number of halogens is 1. The molecule has 2 saturated heterocycles. The van der Waals surface area contributed by atoms with Crippen molar-refractivity contribution in [2.75, 3.05) is 31.1 Å². The zero-order valence-corrected chi connectivity index (χ0v) is 19.9. The first kappa shape index (κ1) is 23.4. The van der Waals surface area contributed by atoms with Gasteiger partial charge in [0.25, 0.3) is 0 Å². The van der Waals surface area contributed by atoms with Crippen LogP contribution in [0.3, 0.4) is 0 Å². The summed E-state index contributed by atoms with van der Waals surface area (Å²) in [5, 5.41) is 3.33. The Balaban J connectivity index is 1.14. The maximum absolute atomic E-state index is 13.3. The normalized spacial score (nSPS) is 19.5. The van der Waals surface area contributed by atoms with Crippen LogP contribution in [0.4, 0.5) is 10.2 Å². The predicted octanol–water partition coefficient (Wildman–Crippen LogP) is 4.28. The number of carbonyl (C=O) groups is 1. The van der Waals surface area contributed by atoms with E-state index in [9.17, 15) is 9.18 Å². The number of carbonyl (C=O) groups excluding carboxylic acids is 1. The van der Waals surface area contributed by atoms with E-state index in [0.29, 0.717) is 12.4 Å². The Morgan fingerprint density at radius 2 is 1.74 bits per heavy atom. The molecule has 0 spiro atoms. The van der Waals surface area contributed by atoms with Gasteiger partial charge in [0, 0.05) is 50.5 Å². The third-order valence-electron chi connectivity index (χ3n) is 7.04. The van der Waals surface area contributed by atoms with Crippen LogP contribution in [-0.2, 0) is 11.3 Å². The van der Waals surface area contributed by atoms with E-state index in [1.54, 1.807) is 18.3 Å². The van der Waals surface area contributed by atoms with Gasteiger partial charge in [0.05, 0.1) is 5.92 Å². The molecule has 6 nitrogen and oxygen atoms in total. The van der Waals surface area contributed by atoms with Gasteiger partial charge in [-0.25, -0.2) is 14.4 Å². The molecule has 2 aliphatic rings. The lowest BCUT2D eigenvalue weighted by Crippen LogP contribution is -2.49. The van der Waals surface area contributed by atoms with Crippen LogP contribution in [0.15, 0.2) is 66.9 Å². The molecular weight excluding hydrogens is 441 g/mol. The van der Waals surface area contributed by atoms with Crippen molar-refractivity contribution in [3.8, 4) is 11.4 Å². The van der Waals surface area contributed by atoms with Crippen molar-refractivity contribution in [3.63, 3.8) is 0 Å². The van der Waals surface area contributed by atoms with E-state index in [0.717, 1.165) is 63.2 Å². The number of nitrogens with zero attached hydrogens (tertiary/aromatic N) is 4. The number of aromatic nitrogens is 2. The predicted molar refractivity (Wildman–Crippen MR) is 135 cm³/mol. The highest BCUT2D eigenvalue weighted by molar-refractivity contribution is 5.80. The van der Waals surface area contributed by atoms with Crippen molar-refractivity contribution >= 4 is 11.7 Å². The van der Waals surface area contributed by atoms with Crippen molar-refractivity contribution in [2.45, 2.75) is 38.3 Å². The maximum Gasteiger partial charge on any atom is 0.225 e. The summed E-state index contributed by atoms with van der Waals surface area (Å²) in [7, 11) is 0. The monoisotopic (exact) mass is 473 g/mol. The second kappa shape index (κ2) is 11.0. The van der Waals surface area contributed by atoms with Crippen molar-refractivity contribution < 1.29 is 9.18 Å². The topological polar surface area (TPSA) is 61.4 Å². The molecule has 3 aromatic rings. The Morgan fingerprint density at radius 3 is 2.51 bits per heavy atom. The Bertz CT molecular complexity index is 1120. The van der Waals surface area contributed by atoms with Crippen LogP contribution in [0.5, 0.6) is 0 Å². The van der Waals surface area contributed by atoms with Gasteiger partial charge >= 0.3 is 0 Å². The summed E-state index contributed by atoms with van der Waals surface area (Å²) in [5.74, 6) is 1.21. The van der Waals surface area contributed by atoms with Gasteiger partial charge in [-0.15, -0.1) is 0 Å². The molecule has 7 heteroatoms. The van der Waals surface area contributed by atoms with E-state index < -0.39 is 0 Å². The summed E-state index contributed by atoms with van der Waals surface area (Å²) in [6.45, 7) is 4.49. The number of likely N-dealkylation sites (tertiary alicyclic amines) is 1. The van der Waals surface area contributed by atoms with Crippen molar-refractivity contribution in [1.82, 2.24) is 20.2 Å². The van der Waals surface area contributed by atoms with E-state index >= 15 is 0 Å². The second-order valence-electron chi connectivity index (χ2n) is 9.58. The van der Waals surface area contributed by atoms with E-state index in [2.05, 4.69) is 44.4 Å². The molecule has 0 radical (unpaired) electrons. The Morgan fingerprint density at radius 1 is 0.971 bits per heavy atom. The Hall–Kier alpha value is -3.32. The average Bonchev–Trinajstić information content (AvgIpc) is 2.91. The zero-order chi connectivity index (χ0) is 24.0. The zero-order valence-electron chi connectivity index (χ0n) is 19.9. The lowest BCUT2D eigenvalue weighted by molar-refractivity contribution is -0.126. The highest BCUT2D eigenvalue weighted by Gasteiger charge is 2.29. The summed E-state index contributed by atoms with van der Waals surface area (Å²) >= 11 is 0. The first-order valence-electron chi connectivity index (χ1n) is 12.5. The minimum atomic E-state index is -0.281. The molecule has 1 amide bonds. The molecular formula is C28H32FN5O. The van der Waals surface area contributed by atoms with Crippen LogP contribution >= 0.6 is 0 Å². The van der Waals surface area contributed by atoms with Gasteiger partial charge in [-0.1, -0.05) is 30.3 Å². The molecule has 2 aliphatic heterocycles. The van der Waals surface area contributed by atoms with Crippen LogP contribution in [0.25, 0.3) is 11.4 Å². The molecule has 35 heavy (non-hydrogen) atoms.